The number of hydrogen-bond donors (Lipinski definition) is 2. The first-order valence-electron chi connectivity index (χ1n) is 17.6. The van der Waals surface area contributed by atoms with Gasteiger partial charge in [-0.2, -0.15) is 0 Å². The second-order valence-corrected chi connectivity index (χ2v) is 14.4. The summed E-state index contributed by atoms with van der Waals surface area (Å²) >= 11 is 0. The van der Waals surface area contributed by atoms with Gasteiger partial charge in [0.2, 0.25) is 0 Å². The summed E-state index contributed by atoms with van der Waals surface area (Å²) in [6.07, 6.45) is 0. The number of carbonyl (C=O) groups excluding carboxylic acids is 4. The van der Waals surface area contributed by atoms with Gasteiger partial charge in [-0.15, -0.1) is 0 Å². The van der Waals surface area contributed by atoms with E-state index in [0.29, 0.717) is 44.0 Å². The lowest BCUT2D eigenvalue weighted by Crippen LogP contribution is -2.44. The van der Waals surface area contributed by atoms with Gasteiger partial charge in [0.15, 0.2) is 0 Å². The van der Waals surface area contributed by atoms with Crippen LogP contribution in [0.25, 0.3) is 54.4 Å². The van der Waals surface area contributed by atoms with Crippen LogP contribution in [0.3, 0.4) is 0 Å². The molecule has 2 aromatic heterocycles. The highest BCUT2D eigenvalue weighted by Crippen LogP contribution is 2.51. The number of amides is 4. The van der Waals surface area contributed by atoms with Crippen LogP contribution in [0.2, 0.25) is 0 Å². The highest BCUT2D eigenvalue weighted by atomic mass is 16.2. The molecule has 52 heavy (non-hydrogen) atoms. The van der Waals surface area contributed by atoms with E-state index in [0.717, 1.165) is 32.9 Å². The molecule has 0 bridgehead atoms. The zero-order valence-electron chi connectivity index (χ0n) is 28.9. The van der Waals surface area contributed by atoms with Crippen molar-refractivity contribution in [3.63, 3.8) is 0 Å². The highest BCUT2D eigenvalue weighted by Gasteiger charge is 2.46. The number of fused-ring (bicyclic) bond motifs is 10. The molecule has 2 N–H and O–H groups in total. The average Bonchev–Trinajstić information content (AvgIpc) is 3.71. The minimum Gasteiger partial charge on any atom is -0.354 e. The van der Waals surface area contributed by atoms with Crippen molar-refractivity contribution in [2.24, 2.45) is 0 Å². The molecule has 0 aliphatic carbocycles. The van der Waals surface area contributed by atoms with Crippen LogP contribution in [0.1, 0.15) is 92.1 Å². The van der Waals surface area contributed by atoms with E-state index < -0.39 is 23.6 Å². The summed E-state index contributed by atoms with van der Waals surface area (Å²) in [6.45, 7) is 8.13. The monoisotopic (exact) mass is 680 g/mol. The van der Waals surface area contributed by atoms with Crippen LogP contribution in [0.4, 0.5) is 11.4 Å². The number of nitrogens with one attached hydrogen (secondary N) is 2. The molecule has 10 rings (SSSR count). The fourth-order valence-electron chi connectivity index (χ4n) is 8.71. The van der Waals surface area contributed by atoms with E-state index in [4.69, 9.17) is 0 Å². The maximum Gasteiger partial charge on any atom is 0.268 e. The average molecular weight is 681 g/mol. The zero-order valence-corrected chi connectivity index (χ0v) is 28.9. The van der Waals surface area contributed by atoms with E-state index in [9.17, 15) is 0 Å². The first-order valence-corrected chi connectivity index (χ1v) is 17.6. The fourth-order valence-corrected chi connectivity index (χ4v) is 8.71. The van der Waals surface area contributed by atoms with Gasteiger partial charge in [-0.3, -0.25) is 19.2 Å². The van der Waals surface area contributed by atoms with Crippen LogP contribution in [-0.4, -0.2) is 33.6 Å². The van der Waals surface area contributed by atoms with Crippen molar-refractivity contribution >= 4 is 89.4 Å². The summed E-state index contributed by atoms with van der Waals surface area (Å²) in [6, 6.07) is 30.2. The first-order chi connectivity index (χ1) is 25.2. The Balaban J connectivity index is 1.45. The van der Waals surface area contributed by atoms with E-state index in [1.54, 1.807) is 0 Å². The number of H-pyrrole nitrogens is 2. The van der Waals surface area contributed by atoms with Gasteiger partial charge < -0.3 is 9.97 Å². The number of anilines is 2. The van der Waals surface area contributed by atoms with Crippen LogP contribution in [0.15, 0.2) is 97.1 Å². The number of hydrogen-bond acceptors (Lipinski definition) is 4. The van der Waals surface area contributed by atoms with E-state index in [2.05, 4.69) is 9.97 Å². The van der Waals surface area contributed by atoms with Gasteiger partial charge in [0.05, 0.1) is 44.7 Å². The van der Waals surface area contributed by atoms with Gasteiger partial charge in [0.1, 0.15) is 0 Å². The molecule has 8 heteroatoms. The van der Waals surface area contributed by atoms with Gasteiger partial charge in [0, 0.05) is 43.4 Å². The Bertz CT molecular complexity index is 2760. The number of para-hydroxylation sites is 4. The lowest BCUT2D eigenvalue weighted by atomic mass is 9.80. The molecule has 2 aliphatic rings. The van der Waals surface area contributed by atoms with Crippen LogP contribution < -0.4 is 9.80 Å². The van der Waals surface area contributed by atoms with E-state index >= 15 is 19.2 Å². The fraction of sp³-hybridized carbons (Fsp3) is 0.136. The topological polar surface area (TPSA) is 106 Å². The van der Waals surface area contributed by atoms with Crippen molar-refractivity contribution in [2.45, 2.75) is 39.5 Å². The third kappa shape index (κ3) is 3.70. The molecule has 0 radical (unpaired) electrons. The number of nitrogens with zero attached hydrogens (tertiary/aromatic N) is 2. The molecule has 0 atom stereocenters. The van der Waals surface area contributed by atoms with Crippen molar-refractivity contribution < 1.29 is 19.2 Å². The lowest BCUT2D eigenvalue weighted by Gasteiger charge is -2.34. The molecule has 4 heterocycles. The molecule has 252 valence electrons. The third-order valence-electron chi connectivity index (χ3n) is 10.9. The maximum atomic E-state index is 15.3. The Morgan fingerprint density at radius 1 is 0.423 bits per heavy atom. The van der Waals surface area contributed by atoms with Gasteiger partial charge in [-0.05, 0) is 47.2 Å². The smallest absolute Gasteiger partial charge is 0.268 e. The molecule has 0 unspecified atom stereocenters. The normalized spacial score (nSPS) is 14.6. The summed E-state index contributed by atoms with van der Waals surface area (Å²) in [5, 5.41) is 3.23. The maximum absolute atomic E-state index is 15.3. The second-order valence-electron chi connectivity index (χ2n) is 14.4. The number of aromatic nitrogens is 2. The summed E-state index contributed by atoms with van der Waals surface area (Å²) in [5.41, 5.74) is 6.21. The van der Waals surface area contributed by atoms with Crippen molar-refractivity contribution in [2.75, 3.05) is 9.80 Å². The molecule has 0 saturated heterocycles. The predicted molar refractivity (Wildman–Crippen MR) is 206 cm³/mol. The summed E-state index contributed by atoms with van der Waals surface area (Å²) in [7, 11) is 0. The van der Waals surface area contributed by atoms with Gasteiger partial charge in [-0.1, -0.05) is 100 Å². The minimum atomic E-state index is -0.508. The lowest BCUT2D eigenvalue weighted by molar-refractivity contribution is 0.0875. The quantitative estimate of drug-likeness (QED) is 0.181. The van der Waals surface area contributed by atoms with Gasteiger partial charge in [0.25, 0.3) is 23.6 Å². The molecular weight excluding hydrogens is 649 g/mol. The molecule has 6 aromatic carbocycles. The highest BCUT2D eigenvalue weighted by molar-refractivity contribution is 6.51. The molecule has 8 aromatic rings. The SMILES string of the molecule is CC(C)c1ccccc1N1C(=O)c2c3[nH]c4ccccc4c3c3c4c(c5[nH]c6ccccc6c5c(c24)C1=O)C(=O)N(c1ccccc1C(C)C)C3=O. The van der Waals surface area contributed by atoms with E-state index in [-0.39, 0.29) is 34.1 Å². The second kappa shape index (κ2) is 10.5. The number of rotatable bonds is 4. The Hall–Kier alpha value is -6.54. The number of carbonyl (C=O) groups is 4. The Morgan fingerprint density at radius 3 is 1.17 bits per heavy atom. The molecule has 2 aliphatic heterocycles. The van der Waals surface area contributed by atoms with Gasteiger partial charge in [-0.25, -0.2) is 9.80 Å². The van der Waals surface area contributed by atoms with Crippen molar-refractivity contribution in [1.82, 2.24) is 9.97 Å². The molecule has 4 amide bonds. The number of imide groups is 2. The van der Waals surface area contributed by atoms with Crippen molar-refractivity contribution in [1.29, 1.82) is 0 Å². The molecular formula is C44H32N4O4. The van der Waals surface area contributed by atoms with Crippen LogP contribution in [-0.2, 0) is 0 Å². The number of aromatic amines is 2. The van der Waals surface area contributed by atoms with Crippen LogP contribution in [0.5, 0.6) is 0 Å². The van der Waals surface area contributed by atoms with E-state index in [1.807, 2.05) is 125 Å². The zero-order chi connectivity index (χ0) is 35.7. The third-order valence-corrected chi connectivity index (χ3v) is 10.9. The predicted octanol–water partition coefficient (Wildman–Crippen LogP) is 9.96. The summed E-state index contributed by atoms with van der Waals surface area (Å²) in [5.74, 6) is -1.98. The molecule has 8 nitrogen and oxygen atoms in total. The van der Waals surface area contributed by atoms with Crippen LogP contribution in [0, 0.1) is 0 Å². The summed E-state index contributed by atoms with van der Waals surface area (Å²) in [4.78, 5) is 70.5. The standard InChI is InChI=1S/C44H32N4O4/c1-21(2)23-13-7-11-19-29(23)47-41(49)35-31-25-15-5-9-17-27(25)46-40(31)38-34-33(35)37(43(47)51)39-32(26-16-6-10-18-28(26)45-39)36(34)42(50)48(44(38)52)30-20-12-8-14-24(30)22(3)4/h5-22,45-46H,1-4H3. The van der Waals surface area contributed by atoms with Crippen LogP contribution >= 0.6 is 0 Å². The molecule has 0 saturated carbocycles. The Labute approximate surface area is 297 Å². The Morgan fingerprint density at radius 2 is 0.769 bits per heavy atom. The van der Waals surface area contributed by atoms with E-state index in [1.165, 1.54) is 9.80 Å². The largest absolute Gasteiger partial charge is 0.354 e. The molecule has 0 fully saturated rings. The first kappa shape index (κ1) is 30.3. The van der Waals surface area contributed by atoms with Crippen molar-refractivity contribution in [3.05, 3.63) is 130 Å². The van der Waals surface area contributed by atoms with Gasteiger partial charge >= 0.3 is 0 Å². The summed E-state index contributed by atoms with van der Waals surface area (Å²) < 4.78 is 0. The Kier molecular flexibility index (Phi) is 6.11. The minimum absolute atomic E-state index is 0.0182. The number of benzene rings is 6. The van der Waals surface area contributed by atoms with Crippen molar-refractivity contribution in [3.8, 4) is 0 Å². The molecule has 0 spiro atoms.